The Hall–Kier alpha value is -2.74. The Labute approximate surface area is 157 Å². The fourth-order valence-corrected chi connectivity index (χ4v) is 2.73. The average Bonchev–Trinajstić information content (AvgIpc) is 2.63. The van der Waals surface area contributed by atoms with E-state index >= 15 is 0 Å². The van der Waals surface area contributed by atoms with Gasteiger partial charge in [-0.25, -0.2) is 14.2 Å². The number of halogens is 2. The number of amides is 2. The van der Waals surface area contributed by atoms with E-state index in [1.807, 2.05) is 0 Å². The third-order valence-electron chi connectivity index (χ3n) is 3.79. The number of rotatable bonds is 4. The maximum Gasteiger partial charge on any atom is 0.338 e. The summed E-state index contributed by atoms with van der Waals surface area (Å²) in [6, 6.07) is 10.5. The Morgan fingerprint density at radius 1 is 1.15 bits per heavy atom. The quantitative estimate of drug-likeness (QED) is 0.770. The maximum atomic E-state index is 13.7. The number of esters is 1. The van der Waals surface area contributed by atoms with Crippen LogP contribution in [0.25, 0.3) is 0 Å². The van der Waals surface area contributed by atoms with E-state index in [1.54, 1.807) is 6.07 Å². The van der Waals surface area contributed by atoms with Crippen molar-refractivity contribution in [3.63, 3.8) is 0 Å². The molecule has 2 aromatic rings. The van der Waals surface area contributed by atoms with Crippen LogP contribution in [0.4, 0.5) is 10.1 Å². The number of nitrogens with zero attached hydrogens (tertiary/aromatic N) is 1. The minimum Gasteiger partial charge on any atom is -0.457 e. The first-order valence-electron chi connectivity index (χ1n) is 7.77. The van der Waals surface area contributed by atoms with Crippen LogP contribution in [0.5, 0.6) is 0 Å². The molecule has 0 atom stereocenters. The molecular weight excluding hydrogens is 407 g/mol. The Balaban J connectivity index is 1.65. The minimum absolute atomic E-state index is 0.133. The van der Waals surface area contributed by atoms with Gasteiger partial charge in [-0.1, -0.05) is 22.0 Å². The normalized spacial score (nSPS) is 14.2. The van der Waals surface area contributed by atoms with E-state index in [1.165, 1.54) is 36.4 Å². The first-order chi connectivity index (χ1) is 12.4. The zero-order valence-electron chi connectivity index (χ0n) is 13.5. The van der Waals surface area contributed by atoms with Crippen molar-refractivity contribution in [3.05, 3.63) is 63.9 Å². The Morgan fingerprint density at radius 2 is 1.88 bits per heavy atom. The van der Waals surface area contributed by atoms with E-state index in [0.717, 1.165) is 5.01 Å². The summed E-state index contributed by atoms with van der Waals surface area (Å²) in [7, 11) is 0. The summed E-state index contributed by atoms with van der Waals surface area (Å²) in [5, 5.41) is 1.15. The third-order valence-corrected chi connectivity index (χ3v) is 4.28. The highest BCUT2D eigenvalue weighted by atomic mass is 79.9. The molecule has 26 heavy (non-hydrogen) atoms. The number of hydrogen-bond donors (Lipinski definition) is 1. The van der Waals surface area contributed by atoms with Gasteiger partial charge in [0, 0.05) is 22.9 Å². The highest BCUT2D eigenvalue weighted by Crippen LogP contribution is 2.19. The molecule has 2 aromatic carbocycles. The molecule has 0 saturated carbocycles. The summed E-state index contributed by atoms with van der Waals surface area (Å²) >= 11 is 3.16. The summed E-state index contributed by atoms with van der Waals surface area (Å²) < 4.78 is 19.4. The molecule has 3 rings (SSSR count). The van der Waals surface area contributed by atoms with Gasteiger partial charge >= 0.3 is 5.97 Å². The molecule has 0 bridgehead atoms. The summed E-state index contributed by atoms with van der Waals surface area (Å²) in [4.78, 5) is 35.4. The van der Waals surface area contributed by atoms with Gasteiger partial charge in [0.2, 0.25) is 11.8 Å². The van der Waals surface area contributed by atoms with Gasteiger partial charge in [0.15, 0.2) is 0 Å². The summed E-state index contributed by atoms with van der Waals surface area (Å²) in [5.74, 6) is -1.56. The van der Waals surface area contributed by atoms with Gasteiger partial charge in [0.1, 0.15) is 12.4 Å². The lowest BCUT2D eigenvalue weighted by atomic mass is 10.1. The molecule has 1 heterocycles. The smallest absolute Gasteiger partial charge is 0.338 e. The van der Waals surface area contributed by atoms with Crippen molar-refractivity contribution in [3.8, 4) is 0 Å². The van der Waals surface area contributed by atoms with Crippen molar-refractivity contribution in [2.24, 2.45) is 0 Å². The number of anilines is 1. The second kappa shape index (κ2) is 7.65. The number of nitrogens with one attached hydrogen (secondary N) is 1. The first kappa shape index (κ1) is 18.1. The van der Waals surface area contributed by atoms with E-state index < -0.39 is 11.8 Å². The molecule has 8 heteroatoms. The lowest BCUT2D eigenvalue weighted by Crippen LogP contribution is -2.50. The van der Waals surface area contributed by atoms with E-state index in [9.17, 15) is 18.8 Å². The fraction of sp³-hybridized carbons (Fsp3) is 0.167. The molecule has 134 valence electrons. The van der Waals surface area contributed by atoms with Crippen LogP contribution in [0, 0.1) is 5.82 Å². The maximum absolute atomic E-state index is 13.7. The van der Waals surface area contributed by atoms with E-state index in [-0.39, 0.29) is 42.4 Å². The summed E-state index contributed by atoms with van der Waals surface area (Å²) in [6.45, 7) is -0.194. The second-order valence-corrected chi connectivity index (χ2v) is 6.54. The molecule has 1 aliphatic heterocycles. The van der Waals surface area contributed by atoms with E-state index in [0.29, 0.717) is 10.2 Å². The number of hydrogen-bond acceptors (Lipinski definition) is 4. The topological polar surface area (TPSA) is 75.7 Å². The molecule has 1 aliphatic rings. The first-order valence-corrected chi connectivity index (χ1v) is 8.57. The molecule has 1 fully saturated rings. The standard InChI is InChI=1S/C18H14BrFN2O4/c19-13-4-1-12(15(20)9-13)10-26-18(25)11-2-5-14(6-3-11)22-17(24)8-7-16(23)21-22/h1-6,9H,7-8,10H2,(H,21,23). The largest absolute Gasteiger partial charge is 0.457 e. The SMILES string of the molecule is O=C1CCC(=O)N(c2ccc(C(=O)OCc3ccc(Br)cc3F)cc2)N1. The summed E-state index contributed by atoms with van der Waals surface area (Å²) in [6.07, 6.45) is 0.292. The second-order valence-electron chi connectivity index (χ2n) is 5.62. The van der Waals surface area contributed by atoms with Crippen molar-refractivity contribution in [2.75, 3.05) is 5.01 Å². The van der Waals surface area contributed by atoms with Crippen LogP contribution >= 0.6 is 15.9 Å². The van der Waals surface area contributed by atoms with Crippen molar-refractivity contribution in [2.45, 2.75) is 19.4 Å². The van der Waals surface area contributed by atoms with Crippen molar-refractivity contribution < 1.29 is 23.5 Å². The van der Waals surface area contributed by atoms with Crippen molar-refractivity contribution in [1.29, 1.82) is 0 Å². The molecule has 1 N–H and O–H groups in total. The van der Waals surface area contributed by atoms with Crippen molar-refractivity contribution >= 4 is 39.4 Å². The predicted octanol–water partition coefficient (Wildman–Crippen LogP) is 3.10. The molecule has 0 unspecified atom stereocenters. The van der Waals surface area contributed by atoms with Crippen LogP contribution in [0.1, 0.15) is 28.8 Å². The average molecular weight is 421 g/mol. The fourth-order valence-electron chi connectivity index (χ4n) is 2.40. The third kappa shape index (κ3) is 4.08. The lowest BCUT2D eigenvalue weighted by molar-refractivity contribution is -0.130. The Kier molecular flexibility index (Phi) is 5.32. The number of carbonyl (C=O) groups excluding carboxylic acids is 3. The van der Waals surface area contributed by atoms with Gasteiger partial charge in [-0.2, -0.15) is 0 Å². The van der Waals surface area contributed by atoms with Gasteiger partial charge < -0.3 is 4.74 Å². The molecule has 0 aromatic heterocycles. The van der Waals surface area contributed by atoms with Crippen LogP contribution in [0.2, 0.25) is 0 Å². The zero-order valence-corrected chi connectivity index (χ0v) is 15.1. The molecule has 0 spiro atoms. The molecule has 2 amide bonds. The number of benzene rings is 2. The van der Waals surface area contributed by atoms with Gasteiger partial charge in [0.05, 0.1) is 11.3 Å². The van der Waals surface area contributed by atoms with Crippen LogP contribution in [-0.4, -0.2) is 17.8 Å². The number of hydrazine groups is 1. The molecule has 0 radical (unpaired) electrons. The monoisotopic (exact) mass is 420 g/mol. The van der Waals surface area contributed by atoms with Crippen LogP contribution in [0.3, 0.4) is 0 Å². The van der Waals surface area contributed by atoms with E-state index in [4.69, 9.17) is 4.74 Å². The highest BCUT2D eigenvalue weighted by molar-refractivity contribution is 9.10. The Morgan fingerprint density at radius 3 is 2.58 bits per heavy atom. The summed E-state index contributed by atoms with van der Waals surface area (Å²) in [5.41, 5.74) is 3.43. The van der Waals surface area contributed by atoms with Gasteiger partial charge in [-0.05, 0) is 36.4 Å². The van der Waals surface area contributed by atoms with Crippen molar-refractivity contribution in [1.82, 2.24) is 5.43 Å². The number of ether oxygens (including phenoxy) is 1. The minimum atomic E-state index is -0.618. The zero-order chi connectivity index (χ0) is 18.7. The van der Waals surface area contributed by atoms with Gasteiger partial charge in [0.25, 0.3) is 0 Å². The predicted molar refractivity (Wildman–Crippen MR) is 94.5 cm³/mol. The molecule has 0 aliphatic carbocycles. The van der Waals surface area contributed by atoms with Crippen LogP contribution < -0.4 is 10.4 Å². The molecule has 1 saturated heterocycles. The van der Waals surface area contributed by atoms with E-state index in [2.05, 4.69) is 21.4 Å². The van der Waals surface area contributed by atoms with Crippen LogP contribution in [0.15, 0.2) is 46.9 Å². The number of carbonyl (C=O) groups is 3. The van der Waals surface area contributed by atoms with Gasteiger partial charge in [-0.15, -0.1) is 0 Å². The molecular formula is C18H14BrFN2O4. The van der Waals surface area contributed by atoms with Crippen LogP contribution in [-0.2, 0) is 20.9 Å². The van der Waals surface area contributed by atoms with Gasteiger partial charge in [-0.3, -0.25) is 15.0 Å². The molecule has 6 nitrogen and oxygen atoms in total. The highest BCUT2D eigenvalue weighted by Gasteiger charge is 2.24. The Bertz CT molecular complexity index is 870. The lowest BCUT2D eigenvalue weighted by Gasteiger charge is -2.27.